The highest BCUT2D eigenvalue weighted by Gasteiger charge is 2.38. The van der Waals surface area contributed by atoms with Gasteiger partial charge >= 0.3 is 12.1 Å². The van der Waals surface area contributed by atoms with Crippen LogP contribution in [0.15, 0.2) is 25.0 Å². The number of piperidine rings is 1. The minimum Gasteiger partial charge on any atom is -0.475 e. The molecule has 1 aromatic heterocycles. The Bertz CT molecular complexity index is 710. The maximum Gasteiger partial charge on any atom is 0.490 e. The predicted molar refractivity (Wildman–Crippen MR) is 93.0 cm³/mol. The zero-order valence-electron chi connectivity index (χ0n) is 15.6. The molecule has 0 aromatic carbocycles. The lowest BCUT2D eigenvalue weighted by Gasteiger charge is -2.31. The summed E-state index contributed by atoms with van der Waals surface area (Å²) >= 11 is 0. The Morgan fingerprint density at radius 1 is 1.36 bits per heavy atom. The van der Waals surface area contributed by atoms with Gasteiger partial charge in [0.1, 0.15) is 0 Å². The van der Waals surface area contributed by atoms with Crippen LogP contribution in [-0.2, 0) is 21.4 Å². The lowest BCUT2D eigenvalue weighted by molar-refractivity contribution is -0.192. The summed E-state index contributed by atoms with van der Waals surface area (Å²) in [4.78, 5) is 34.4. The van der Waals surface area contributed by atoms with E-state index < -0.39 is 12.1 Å². The second-order valence-electron chi connectivity index (χ2n) is 6.28. The van der Waals surface area contributed by atoms with E-state index >= 15 is 0 Å². The molecule has 1 aliphatic heterocycles. The molecule has 1 aliphatic rings. The van der Waals surface area contributed by atoms with Crippen LogP contribution < -0.4 is 5.32 Å². The first kappa shape index (κ1) is 23.2. The molecule has 0 radical (unpaired) electrons. The third-order valence-electron chi connectivity index (χ3n) is 4.18. The number of aliphatic carboxylic acids is 1. The minimum atomic E-state index is -5.08. The summed E-state index contributed by atoms with van der Waals surface area (Å²) in [5.41, 5.74) is 0.991. The number of nitrogens with zero attached hydrogens (tertiary/aromatic N) is 3. The first-order chi connectivity index (χ1) is 13.0. The first-order valence-electron chi connectivity index (χ1n) is 8.46. The molecule has 156 valence electrons. The molecule has 0 bridgehead atoms. The molecule has 28 heavy (non-hydrogen) atoms. The van der Waals surface area contributed by atoms with Gasteiger partial charge in [-0.05, 0) is 25.8 Å². The Labute approximate surface area is 160 Å². The summed E-state index contributed by atoms with van der Waals surface area (Å²) in [5.74, 6) is -2.79. The number of hydrogen-bond acceptors (Lipinski definition) is 4. The molecule has 11 heteroatoms. The summed E-state index contributed by atoms with van der Waals surface area (Å²) in [6, 6.07) is -0.0564. The highest BCUT2D eigenvalue weighted by Crippen LogP contribution is 2.19. The first-order valence-corrected chi connectivity index (χ1v) is 8.46. The monoisotopic (exact) mass is 404 g/mol. The summed E-state index contributed by atoms with van der Waals surface area (Å²) < 4.78 is 33.5. The number of carboxylic acid groups (broad SMARTS) is 1. The zero-order valence-corrected chi connectivity index (χ0v) is 15.6. The van der Waals surface area contributed by atoms with Crippen molar-refractivity contribution in [1.29, 1.82) is 0 Å². The Hall–Kier alpha value is -2.85. The number of likely N-dealkylation sites (tertiary alicyclic amines) is 1. The van der Waals surface area contributed by atoms with Crippen molar-refractivity contribution in [3.8, 4) is 0 Å². The van der Waals surface area contributed by atoms with E-state index in [0.717, 1.165) is 5.56 Å². The van der Waals surface area contributed by atoms with E-state index in [1.54, 1.807) is 15.8 Å². The third-order valence-corrected chi connectivity index (χ3v) is 4.18. The number of carboxylic acids is 1. The molecule has 0 saturated carbocycles. The van der Waals surface area contributed by atoms with Crippen molar-refractivity contribution in [3.63, 3.8) is 0 Å². The van der Waals surface area contributed by atoms with E-state index in [0.29, 0.717) is 25.9 Å². The number of hydrogen-bond donors (Lipinski definition) is 2. The molecular weight excluding hydrogens is 381 g/mol. The van der Waals surface area contributed by atoms with E-state index in [2.05, 4.69) is 17.0 Å². The van der Waals surface area contributed by atoms with Crippen molar-refractivity contribution in [2.45, 2.75) is 32.0 Å². The van der Waals surface area contributed by atoms with Crippen molar-refractivity contribution in [2.75, 3.05) is 13.1 Å². The van der Waals surface area contributed by atoms with E-state index in [1.165, 1.54) is 6.08 Å². The Morgan fingerprint density at radius 2 is 1.89 bits per heavy atom. The minimum absolute atomic E-state index is 0.0296. The molecule has 2 N–H and O–H groups in total. The quantitative estimate of drug-likeness (QED) is 0.743. The number of rotatable bonds is 4. The lowest BCUT2D eigenvalue weighted by atomic mass is 9.95. The number of amides is 2. The van der Waals surface area contributed by atoms with Crippen molar-refractivity contribution in [2.24, 2.45) is 13.0 Å². The van der Waals surface area contributed by atoms with Crippen LogP contribution in [0.25, 0.3) is 0 Å². The second-order valence-corrected chi connectivity index (χ2v) is 6.28. The van der Waals surface area contributed by atoms with E-state index in [1.807, 2.05) is 20.2 Å². The van der Waals surface area contributed by atoms with E-state index in [9.17, 15) is 22.8 Å². The van der Waals surface area contributed by atoms with Crippen LogP contribution in [0.5, 0.6) is 0 Å². The van der Waals surface area contributed by atoms with Crippen molar-refractivity contribution >= 4 is 17.8 Å². The van der Waals surface area contributed by atoms with E-state index in [-0.39, 0.29) is 23.8 Å². The number of halogens is 3. The second kappa shape index (κ2) is 9.90. The van der Waals surface area contributed by atoms with Gasteiger partial charge < -0.3 is 15.3 Å². The molecule has 1 atom stereocenters. The summed E-state index contributed by atoms with van der Waals surface area (Å²) in [6.45, 7) is 6.67. The molecule has 8 nitrogen and oxygen atoms in total. The van der Waals surface area contributed by atoms with Gasteiger partial charge in [0.2, 0.25) is 11.8 Å². The summed E-state index contributed by atoms with van der Waals surface area (Å²) in [5, 5.41) is 14.3. The number of aryl methyl sites for hydroxylation is 1. The molecule has 1 fully saturated rings. The molecule has 0 aliphatic carbocycles. The molecule has 2 heterocycles. The Morgan fingerprint density at radius 3 is 2.29 bits per heavy atom. The van der Waals surface area contributed by atoms with E-state index in [4.69, 9.17) is 9.90 Å². The number of nitrogens with one attached hydrogen (secondary N) is 1. The summed E-state index contributed by atoms with van der Waals surface area (Å²) in [7, 11) is 1.85. The van der Waals surface area contributed by atoms with Crippen LogP contribution in [-0.4, -0.2) is 56.8 Å². The molecule has 2 rings (SSSR count). The van der Waals surface area contributed by atoms with Crippen molar-refractivity contribution in [1.82, 2.24) is 20.0 Å². The van der Waals surface area contributed by atoms with Gasteiger partial charge in [-0.1, -0.05) is 6.58 Å². The standard InChI is InChI=1S/C15H22N4O2.C2HF3O2/c1-4-14(20)19-7-5-12(6-8-19)15(21)17-11(2)13-9-16-18(3)10-13;3-2(4,5)1(6)7/h4,9-12H,1,5-8H2,2-3H3,(H,17,21);(H,6,7). The van der Waals surface area contributed by atoms with Crippen molar-refractivity contribution in [3.05, 3.63) is 30.6 Å². The molecule has 0 spiro atoms. The van der Waals surface area contributed by atoms with Gasteiger partial charge in [0.25, 0.3) is 0 Å². The van der Waals surface area contributed by atoms with Crippen LogP contribution >= 0.6 is 0 Å². The Balaban J connectivity index is 0.000000480. The molecule has 1 unspecified atom stereocenters. The normalized spacial score (nSPS) is 15.8. The molecule has 1 aromatic rings. The van der Waals surface area contributed by atoms with Crippen LogP contribution in [0.1, 0.15) is 31.4 Å². The topological polar surface area (TPSA) is 105 Å². The predicted octanol–water partition coefficient (Wildman–Crippen LogP) is 1.66. The Kier molecular flexibility index (Phi) is 8.20. The fourth-order valence-electron chi connectivity index (χ4n) is 2.57. The number of carbonyl (C=O) groups is 3. The molecule has 2 amide bonds. The van der Waals surface area contributed by atoms with Crippen LogP contribution in [0.2, 0.25) is 0 Å². The SMILES string of the molecule is C=CC(=O)N1CCC(C(=O)NC(C)c2cnn(C)c2)CC1.O=C(O)C(F)(F)F. The third kappa shape index (κ3) is 7.05. The van der Waals surface area contributed by atoms with Crippen LogP contribution in [0.4, 0.5) is 13.2 Å². The van der Waals surface area contributed by atoms with Gasteiger partial charge in [0, 0.05) is 37.8 Å². The highest BCUT2D eigenvalue weighted by molar-refractivity contribution is 5.87. The zero-order chi connectivity index (χ0) is 21.5. The molecular formula is C17H23F3N4O4. The fraction of sp³-hybridized carbons (Fsp3) is 0.529. The fourth-order valence-corrected chi connectivity index (χ4v) is 2.57. The largest absolute Gasteiger partial charge is 0.490 e. The van der Waals surface area contributed by atoms with Gasteiger partial charge in [0.05, 0.1) is 12.2 Å². The maximum atomic E-state index is 12.3. The highest BCUT2D eigenvalue weighted by atomic mass is 19.4. The van der Waals surface area contributed by atoms with Crippen molar-refractivity contribution < 1.29 is 32.7 Å². The maximum absolute atomic E-state index is 12.3. The van der Waals surface area contributed by atoms with Crippen LogP contribution in [0, 0.1) is 5.92 Å². The number of carbonyl (C=O) groups excluding carboxylic acids is 2. The van der Waals surface area contributed by atoms with Gasteiger partial charge in [0.15, 0.2) is 0 Å². The number of aromatic nitrogens is 2. The summed E-state index contributed by atoms with van der Waals surface area (Å²) in [6.07, 6.45) is 1.30. The van der Waals surface area contributed by atoms with Gasteiger partial charge in [-0.3, -0.25) is 14.3 Å². The number of alkyl halides is 3. The van der Waals surface area contributed by atoms with Gasteiger partial charge in [-0.2, -0.15) is 18.3 Å². The lowest BCUT2D eigenvalue weighted by Crippen LogP contribution is -2.42. The van der Waals surface area contributed by atoms with Gasteiger partial charge in [-0.25, -0.2) is 4.79 Å². The average molecular weight is 404 g/mol. The van der Waals surface area contributed by atoms with Crippen LogP contribution in [0.3, 0.4) is 0 Å². The average Bonchev–Trinajstić information content (AvgIpc) is 3.07. The molecule has 1 saturated heterocycles. The van der Waals surface area contributed by atoms with Gasteiger partial charge in [-0.15, -0.1) is 0 Å². The smallest absolute Gasteiger partial charge is 0.475 e.